The van der Waals surface area contributed by atoms with Crippen LogP contribution in [0.2, 0.25) is 0 Å². The highest BCUT2D eigenvalue weighted by Crippen LogP contribution is 2.26. The Morgan fingerprint density at radius 1 is 1.14 bits per heavy atom. The molecule has 0 saturated heterocycles. The molecule has 2 aromatic rings. The Balaban J connectivity index is 2.26. The standard InChI is InChI=1S/C15H14BBr2NO2/c1-2-20-14-9-8-12(15(10-14)21-16(17)18)11-19-13-6-4-3-5-7-13/h3-11H,2H2,1H3. The molecule has 0 atom stereocenters. The van der Waals surface area contributed by atoms with Gasteiger partial charge in [0.25, 0.3) is 0 Å². The van der Waals surface area contributed by atoms with Gasteiger partial charge in [0.05, 0.1) is 12.3 Å². The molecule has 0 aliphatic heterocycles. The fraction of sp³-hybridized carbons (Fsp3) is 0.133. The zero-order chi connectivity index (χ0) is 15.1. The summed E-state index contributed by atoms with van der Waals surface area (Å²) in [4.78, 5) is 4.44. The molecule has 0 heterocycles. The molecule has 0 saturated carbocycles. The number of ether oxygens (including phenoxy) is 1. The quantitative estimate of drug-likeness (QED) is 0.496. The van der Waals surface area contributed by atoms with Crippen molar-refractivity contribution in [3.8, 4) is 11.5 Å². The highest BCUT2D eigenvalue weighted by atomic mass is 79.9. The maximum Gasteiger partial charge on any atom is 0.514 e. The van der Waals surface area contributed by atoms with Gasteiger partial charge in [0.15, 0.2) is 0 Å². The minimum atomic E-state index is -0.272. The second-order valence-corrected chi connectivity index (χ2v) is 7.00. The monoisotopic (exact) mass is 409 g/mol. The number of aliphatic imine (C=N–C) groups is 1. The first-order valence-corrected chi connectivity index (χ1v) is 8.33. The predicted octanol–water partition coefficient (Wildman–Crippen LogP) is 4.99. The van der Waals surface area contributed by atoms with Crippen LogP contribution in [0.4, 0.5) is 5.69 Å². The van der Waals surface area contributed by atoms with Gasteiger partial charge in [-0.2, -0.15) is 0 Å². The first-order valence-electron chi connectivity index (χ1n) is 6.50. The number of nitrogens with zero attached hydrogens (tertiary/aromatic N) is 1. The highest BCUT2D eigenvalue weighted by molar-refractivity contribution is 9.48. The molecule has 21 heavy (non-hydrogen) atoms. The molecule has 0 unspecified atom stereocenters. The van der Waals surface area contributed by atoms with E-state index in [1.165, 1.54) is 0 Å². The second kappa shape index (κ2) is 8.24. The molecule has 0 bridgehead atoms. The van der Waals surface area contributed by atoms with Crippen LogP contribution in [0, 0.1) is 0 Å². The SMILES string of the molecule is CCOc1ccc(C=Nc2ccccc2)c(OB(Br)Br)c1. The van der Waals surface area contributed by atoms with Crippen molar-refractivity contribution in [3.63, 3.8) is 0 Å². The summed E-state index contributed by atoms with van der Waals surface area (Å²) in [7, 11) is 0. The summed E-state index contributed by atoms with van der Waals surface area (Å²) in [6.07, 6.45) is 1.78. The van der Waals surface area contributed by atoms with Gasteiger partial charge in [-0.05, 0) is 31.2 Å². The number of benzene rings is 2. The van der Waals surface area contributed by atoms with E-state index in [0.717, 1.165) is 17.0 Å². The fourth-order valence-electron chi connectivity index (χ4n) is 1.73. The average molecular weight is 411 g/mol. The normalized spacial score (nSPS) is 10.6. The number of para-hydroxylation sites is 1. The molecule has 0 N–H and O–H groups in total. The van der Waals surface area contributed by atoms with Gasteiger partial charge in [-0.3, -0.25) is 4.99 Å². The Kier molecular flexibility index (Phi) is 6.33. The van der Waals surface area contributed by atoms with Crippen LogP contribution in [0.3, 0.4) is 0 Å². The van der Waals surface area contributed by atoms with E-state index in [0.29, 0.717) is 12.4 Å². The first-order chi connectivity index (χ1) is 10.2. The van der Waals surface area contributed by atoms with Crippen LogP contribution in [0.5, 0.6) is 11.5 Å². The van der Waals surface area contributed by atoms with Crippen LogP contribution < -0.4 is 9.39 Å². The lowest BCUT2D eigenvalue weighted by molar-refractivity contribution is 0.339. The molecular formula is C15H14BBr2NO2. The van der Waals surface area contributed by atoms with E-state index < -0.39 is 0 Å². The molecule has 2 rings (SSSR count). The van der Waals surface area contributed by atoms with Gasteiger partial charge in [-0.15, -0.1) is 0 Å². The molecule has 0 aliphatic rings. The Bertz CT molecular complexity index is 606. The van der Waals surface area contributed by atoms with Crippen molar-refractivity contribution in [2.24, 2.45) is 4.99 Å². The van der Waals surface area contributed by atoms with E-state index in [1.807, 2.05) is 55.5 Å². The van der Waals surface area contributed by atoms with Crippen molar-refractivity contribution in [1.82, 2.24) is 0 Å². The molecule has 0 radical (unpaired) electrons. The van der Waals surface area contributed by atoms with Crippen LogP contribution in [-0.4, -0.2) is 17.4 Å². The van der Waals surface area contributed by atoms with Gasteiger partial charge < -0.3 is 9.39 Å². The molecule has 3 nitrogen and oxygen atoms in total. The smallest absolute Gasteiger partial charge is 0.514 e. The third kappa shape index (κ3) is 5.21. The molecule has 0 fully saturated rings. The molecule has 108 valence electrons. The summed E-state index contributed by atoms with van der Waals surface area (Å²) < 4.78 is 10.9. The van der Waals surface area contributed by atoms with E-state index in [9.17, 15) is 0 Å². The summed E-state index contributed by atoms with van der Waals surface area (Å²) in [6, 6.07) is 15.4. The van der Waals surface area contributed by atoms with Crippen LogP contribution in [0.15, 0.2) is 53.5 Å². The van der Waals surface area contributed by atoms with E-state index in [2.05, 4.69) is 36.5 Å². The fourth-order valence-corrected chi connectivity index (χ4v) is 2.14. The number of hydrogen-bond donors (Lipinski definition) is 0. The Morgan fingerprint density at radius 2 is 1.90 bits per heavy atom. The van der Waals surface area contributed by atoms with Crippen LogP contribution in [0.1, 0.15) is 12.5 Å². The van der Waals surface area contributed by atoms with Crippen molar-refractivity contribution >= 4 is 48.0 Å². The zero-order valence-electron chi connectivity index (χ0n) is 11.5. The molecule has 0 amide bonds. The zero-order valence-corrected chi connectivity index (χ0v) is 14.7. The molecule has 0 aromatic heterocycles. The predicted molar refractivity (Wildman–Crippen MR) is 95.5 cm³/mol. The molecule has 6 heteroatoms. The number of halogens is 2. The van der Waals surface area contributed by atoms with E-state index in [-0.39, 0.29) is 4.56 Å². The van der Waals surface area contributed by atoms with Crippen LogP contribution in [-0.2, 0) is 0 Å². The Morgan fingerprint density at radius 3 is 2.57 bits per heavy atom. The summed E-state index contributed by atoms with van der Waals surface area (Å²) in [5.41, 5.74) is 1.78. The summed E-state index contributed by atoms with van der Waals surface area (Å²) >= 11 is 6.63. The minimum Gasteiger partial charge on any atom is -0.541 e. The van der Waals surface area contributed by atoms with Crippen molar-refractivity contribution in [2.75, 3.05) is 6.61 Å². The van der Waals surface area contributed by atoms with Crippen molar-refractivity contribution in [3.05, 3.63) is 54.1 Å². The van der Waals surface area contributed by atoms with Crippen molar-refractivity contribution in [2.45, 2.75) is 6.92 Å². The van der Waals surface area contributed by atoms with Crippen molar-refractivity contribution in [1.29, 1.82) is 0 Å². The molecule has 0 aliphatic carbocycles. The molecule has 0 spiro atoms. The van der Waals surface area contributed by atoms with Gasteiger partial charge in [-0.25, -0.2) is 0 Å². The number of hydrogen-bond acceptors (Lipinski definition) is 3. The van der Waals surface area contributed by atoms with Crippen LogP contribution in [0.25, 0.3) is 0 Å². The topological polar surface area (TPSA) is 30.8 Å². The van der Waals surface area contributed by atoms with E-state index >= 15 is 0 Å². The van der Waals surface area contributed by atoms with Gasteiger partial charge in [-0.1, -0.05) is 49.7 Å². The molecule has 2 aromatic carbocycles. The first kappa shape index (κ1) is 16.1. The van der Waals surface area contributed by atoms with E-state index in [4.69, 9.17) is 9.39 Å². The maximum atomic E-state index is 5.68. The second-order valence-electron chi connectivity index (χ2n) is 4.10. The van der Waals surface area contributed by atoms with Crippen molar-refractivity contribution < 1.29 is 9.39 Å². The van der Waals surface area contributed by atoms with E-state index in [1.54, 1.807) is 6.21 Å². The maximum absolute atomic E-state index is 5.68. The Hall–Kier alpha value is -1.27. The summed E-state index contributed by atoms with van der Waals surface area (Å²) in [5, 5.41) is 0. The lowest BCUT2D eigenvalue weighted by Gasteiger charge is -2.11. The third-order valence-corrected chi connectivity index (χ3v) is 2.99. The van der Waals surface area contributed by atoms with Gasteiger partial charge in [0.2, 0.25) is 0 Å². The third-order valence-electron chi connectivity index (χ3n) is 2.62. The van der Waals surface area contributed by atoms with Gasteiger partial charge in [0, 0.05) is 17.8 Å². The van der Waals surface area contributed by atoms with Gasteiger partial charge >= 0.3 is 4.56 Å². The highest BCUT2D eigenvalue weighted by Gasteiger charge is 2.11. The number of rotatable bonds is 6. The average Bonchev–Trinajstić information content (AvgIpc) is 2.47. The Labute approximate surface area is 141 Å². The van der Waals surface area contributed by atoms with Gasteiger partial charge in [0.1, 0.15) is 11.5 Å². The largest absolute Gasteiger partial charge is 0.541 e. The summed E-state index contributed by atoms with van der Waals surface area (Å²) in [5.74, 6) is 1.46. The lowest BCUT2D eigenvalue weighted by atomic mass is 10.2. The molecular weight excluding hydrogens is 397 g/mol. The lowest BCUT2D eigenvalue weighted by Crippen LogP contribution is -2.06. The minimum absolute atomic E-state index is 0.272. The van der Waals surface area contributed by atoms with Crippen LogP contribution >= 0.6 is 31.5 Å². The summed E-state index contributed by atoms with van der Waals surface area (Å²) in [6.45, 7) is 2.56.